The summed E-state index contributed by atoms with van der Waals surface area (Å²) in [6.45, 7) is 2.01. The maximum atomic E-state index is 10.4. The zero-order valence-corrected chi connectivity index (χ0v) is 11.6. The number of hydrogen-bond donors (Lipinski definition) is 3. The van der Waals surface area contributed by atoms with Gasteiger partial charge in [0.05, 0.1) is 29.4 Å². The third-order valence-corrected chi connectivity index (χ3v) is 5.25. The second kappa shape index (κ2) is 4.27. The van der Waals surface area contributed by atoms with Crippen molar-refractivity contribution in [2.45, 2.75) is 56.3 Å². The lowest BCUT2D eigenvalue weighted by molar-refractivity contribution is -0.0824. The molecule has 0 radical (unpaired) electrons. The van der Waals surface area contributed by atoms with Crippen molar-refractivity contribution in [2.75, 3.05) is 7.11 Å². The largest absolute Gasteiger partial charge is 0.390 e. The third-order valence-electron chi connectivity index (χ3n) is 5.25. The summed E-state index contributed by atoms with van der Waals surface area (Å²) in [5.41, 5.74) is 11.0. The van der Waals surface area contributed by atoms with Gasteiger partial charge in [-0.3, -0.25) is 0 Å². The normalized spacial score (nSPS) is 46.1. The molecule has 5 heteroatoms. The molecule has 108 valence electrons. The van der Waals surface area contributed by atoms with Crippen LogP contribution in [-0.2, 0) is 9.47 Å². The first-order valence-corrected chi connectivity index (χ1v) is 7.03. The zero-order valence-electron chi connectivity index (χ0n) is 11.6. The van der Waals surface area contributed by atoms with Crippen LogP contribution in [0.4, 0.5) is 0 Å². The number of methoxy groups -OCH3 is 1. The summed E-state index contributed by atoms with van der Waals surface area (Å²) in [7, 11) is 1.64. The van der Waals surface area contributed by atoms with E-state index in [4.69, 9.17) is 20.9 Å². The van der Waals surface area contributed by atoms with Gasteiger partial charge in [0.25, 0.3) is 0 Å². The van der Waals surface area contributed by atoms with Crippen LogP contribution in [-0.4, -0.2) is 42.3 Å². The number of ether oxygens (including phenoxy) is 2. The fourth-order valence-electron chi connectivity index (χ4n) is 3.66. The summed E-state index contributed by atoms with van der Waals surface area (Å²) in [4.78, 5) is 0. The minimum Gasteiger partial charge on any atom is -0.390 e. The first-order valence-electron chi connectivity index (χ1n) is 7.03. The molecule has 0 amide bonds. The molecule has 1 heterocycles. The molecule has 0 aromatic carbocycles. The van der Waals surface area contributed by atoms with Gasteiger partial charge < -0.3 is 26.0 Å². The SMILES string of the molecule is CO[C@H]1[C@@H]([C@@H](O)C2CC2)O[C@@H]2CC=CC(N)(N)[C@]21C. The number of nitrogens with two attached hydrogens (primary N) is 2. The summed E-state index contributed by atoms with van der Waals surface area (Å²) in [5, 5.41) is 10.4. The smallest absolute Gasteiger partial charge is 0.111 e. The van der Waals surface area contributed by atoms with Gasteiger partial charge in [-0.2, -0.15) is 0 Å². The van der Waals surface area contributed by atoms with E-state index < -0.39 is 17.2 Å². The Morgan fingerprint density at radius 1 is 1.42 bits per heavy atom. The van der Waals surface area contributed by atoms with Crippen molar-refractivity contribution < 1.29 is 14.6 Å². The molecule has 3 rings (SSSR count). The van der Waals surface area contributed by atoms with E-state index in [2.05, 4.69) is 0 Å². The van der Waals surface area contributed by atoms with Crippen molar-refractivity contribution in [1.82, 2.24) is 0 Å². The molecule has 2 aliphatic carbocycles. The maximum absolute atomic E-state index is 10.4. The monoisotopic (exact) mass is 268 g/mol. The Hall–Kier alpha value is -0.460. The molecule has 5 nitrogen and oxygen atoms in total. The molecule has 1 saturated heterocycles. The van der Waals surface area contributed by atoms with Gasteiger partial charge in [-0.15, -0.1) is 0 Å². The van der Waals surface area contributed by atoms with Crippen LogP contribution >= 0.6 is 0 Å². The van der Waals surface area contributed by atoms with Crippen molar-refractivity contribution in [3.8, 4) is 0 Å². The average molecular weight is 268 g/mol. The van der Waals surface area contributed by atoms with Crippen molar-refractivity contribution in [2.24, 2.45) is 22.8 Å². The highest BCUT2D eigenvalue weighted by Gasteiger charge is 2.64. The predicted molar refractivity (Wildman–Crippen MR) is 71.2 cm³/mol. The topological polar surface area (TPSA) is 90.7 Å². The van der Waals surface area contributed by atoms with E-state index >= 15 is 0 Å². The molecule has 0 spiro atoms. The van der Waals surface area contributed by atoms with E-state index in [0.717, 1.165) is 19.3 Å². The molecular weight excluding hydrogens is 244 g/mol. The lowest BCUT2D eigenvalue weighted by atomic mass is 9.65. The van der Waals surface area contributed by atoms with Crippen molar-refractivity contribution in [3.05, 3.63) is 12.2 Å². The molecular formula is C14H24N2O3. The minimum absolute atomic E-state index is 0.101. The molecule has 1 saturated carbocycles. The molecule has 0 unspecified atom stereocenters. The summed E-state index contributed by atoms with van der Waals surface area (Å²) in [6, 6.07) is 0. The van der Waals surface area contributed by atoms with Gasteiger partial charge in [-0.05, 0) is 25.2 Å². The first kappa shape index (κ1) is 13.5. The molecule has 1 aliphatic heterocycles. The Morgan fingerprint density at radius 3 is 2.68 bits per heavy atom. The lowest BCUT2D eigenvalue weighted by Gasteiger charge is -2.47. The highest BCUT2D eigenvalue weighted by atomic mass is 16.6. The molecule has 5 N–H and O–H groups in total. The number of aliphatic hydroxyl groups excluding tert-OH is 1. The minimum atomic E-state index is -0.978. The van der Waals surface area contributed by atoms with Crippen LogP contribution < -0.4 is 11.5 Å². The molecule has 19 heavy (non-hydrogen) atoms. The summed E-state index contributed by atoms with van der Waals surface area (Å²) < 4.78 is 11.7. The summed E-state index contributed by atoms with van der Waals surface area (Å²) in [6.07, 6.45) is 5.49. The number of fused-ring (bicyclic) bond motifs is 1. The van der Waals surface area contributed by atoms with Crippen LogP contribution in [0.3, 0.4) is 0 Å². The predicted octanol–water partition coefficient (Wildman–Crippen LogP) is 0.120. The molecule has 0 aromatic rings. The van der Waals surface area contributed by atoms with Gasteiger partial charge in [0, 0.05) is 7.11 Å². The molecule has 2 fully saturated rings. The fourth-order valence-corrected chi connectivity index (χ4v) is 3.66. The highest BCUT2D eigenvalue weighted by molar-refractivity contribution is 5.24. The van der Waals surface area contributed by atoms with Crippen LogP contribution in [0.1, 0.15) is 26.2 Å². The van der Waals surface area contributed by atoms with Crippen molar-refractivity contribution in [3.63, 3.8) is 0 Å². The van der Waals surface area contributed by atoms with Crippen molar-refractivity contribution >= 4 is 0 Å². The van der Waals surface area contributed by atoms with E-state index in [0.29, 0.717) is 5.92 Å². The van der Waals surface area contributed by atoms with Gasteiger partial charge in [0.2, 0.25) is 0 Å². The Labute approximate surface area is 113 Å². The Kier molecular flexibility index (Phi) is 3.04. The zero-order chi connectivity index (χ0) is 13.8. The molecule has 5 atom stereocenters. The Bertz CT molecular complexity index is 394. The van der Waals surface area contributed by atoms with Crippen LogP contribution in [0.2, 0.25) is 0 Å². The third kappa shape index (κ3) is 1.80. The first-order chi connectivity index (χ1) is 8.91. The van der Waals surface area contributed by atoms with Gasteiger partial charge in [0.1, 0.15) is 6.10 Å². The Balaban J connectivity index is 1.93. The number of hydrogen-bond acceptors (Lipinski definition) is 5. The quantitative estimate of drug-likeness (QED) is 0.499. The maximum Gasteiger partial charge on any atom is 0.111 e. The fraction of sp³-hybridized carbons (Fsp3) is 0.857. The van der Waals surface area contributed by atoms with Gasteiger partial charge in [-0.25, -0.2) is 0 Å². The molecule has 3 aliphatic rings. The van der Waals surface area contributed by atoms with Crippen LogP contribution in [0.25, 0.3) is 0 Å². The van der Waals surface area contributed by atoms with E-state index in [1.165, 1.54) is 0 Å². The van der Waals surface area contributed by atoms with Gasteiger partial charge in [-0.1, -0.05) is 19.1 Å². The van der Waals surface area contributed by atoms with Gasteiger partial charge >= 0.3 is 0 Å². The van der Waals surface area contributed by atoms with E-state index in [9.17, 15) is 5.11 Å². The van der Waals surface area contributed by atoms with E-state index in [1.807, 2.05) is 19.1 Å². The van der Waals surface area contributed by atoms with Crippen LogP contribution in [0.15, 0.2) is 12.2 Å². The highest BCUT2D eigenvalue weighted by Crippen LogP contribution is 2.51. The summed E-state index contributed by atoms with van der Waals surface area (Å²) >= 11 is 0. The Morgan fingerprint density at radius 2 is 2.11 bits per heavy atom. The van der Waals surface area contributed by atoms with Crippen molar-refractivity contribution in [1.29, 1.82) is 0 Å². The van der Waals surface area contributed by atoms with Gasteiger partial charge in [0.15, 0.2) is 0 Å². The molecule has 0 aromatic heterocycles. The lowest BCUT2D eigenvalue weighted by Crippen LogP contribution is -2.68. The standard InChI is InChI=1S/C14H24N2O3/c1-13-9(4-3-7-14(13,15)16)19-11(12(13)18-2)10(17)8-5-6-8/h3,7-12,17H,4-6,15-16H2,1-2H3/t9-,10+,11-,12+,13-/m1/s1. The molecule has 0 bridgehead atoms. The summed E-state index contributed by atoms with van der Waals surface area (Å²) in [5.74, 6) is 0.337. The average Bonchev–Trinajstić information content (AvgIpc) is 3.13. The van der Waals surface area contributed by atoms with Crippen LogP contribution in [0, 0.1) is 11.3 Å². The number of rotatable bonds is 3. The second-order valence-corrected chi connectivity index (χ2v) is 6.43. The second-order valence-electron chi connectivity index (χ2n) is 6.43. The van der Waals surface area contributed by atoms with E-state index in [-0.39, 0.29) is 18.3 Å². The number of aliphatic hydroxyl groups is 1. The van der Waals surface area contributed by atoms with E-state index in [1.54, 1.807) is 7.11 Å². The van der Waals surface area contributed by atoms with Crippen LogP contribution in [0.5, 0.6) is 0 Å².